The number of carbonyl (C=O) groups is 1. The molecule has 0 aliphatic rings. The van der Waals surface area contributed by atoms with Crippen LogP contribution in [0.15, 0.2) is 48.5 Å². The van der Waals surface area contributed by atoms with E-state index < -0.39 is 0 Å². The van der Waals surface area contributed by atoms with Crippen LogP contribution in [0.25, 0.3) is 0 Å². The summed E-state index contributed by atoms with van der Waals surface area (Å²) in [5, 5.41) is 0. The average Bonchev–Trinajstić information content (AvgIpc) is 2.33. The highest BCUT2D eigenvalue weighted by atomic mass is 127. The fourth-order valence-electron chi connectivity index (χ4n) is 1.63. The quantitative estimate of drug-likeness (QED) is 0.622. The number of rotatable bonds is 3. The molecule has 0 saturated carbocycles. The number of hydrogen-bond donors (Lipinski definition) is 0. The maximum Gasteiger partial charge on any atom is 0.151 e. The molecular weight excluding hydrogens is 311 g/mol. The van der Waals surface area contributed by atoms with Gasteiger partial charge >= 0.3 is 0 Å². The standard InChI is InChI=1S/C14H11IO/c15-14-7-6-12(9-13(14)10-16)8-11-4-2-1-3-5-11/h1-7,9-10H,8H2. The van der Waals surface area contributed by atoms with Gasteiger partial charge in [-0.2, -0.15) is 0 Å². The molecule has 0 spiro atoms. The smallest absolute Gasteiger partial charge is 0.151 e. The summed E-state index contributed by atoms with van der Waals surface area (Å²) >= 11 is 2.18. The van der Waals surface area contributed by atoms with E-state index in [4.69, 9.17) is 0 Å². The summed E-state index contributed by atoms with van der Waals surface area (Å²) in [5.74, 6) is 0. The van der Waals surface area contributed by atoms with E-state index >= 15 is 0 Å². The lowest BCUT2D eigenvalue weighted by Crippen LogP contribution is -1.92. The molecule has 0 heterocycles. The van der Waals surface area contributed by atoms with Crippen molar-refractivity contribution in [3.63, 3.8) is 0 Å². The number of halogens is 1. The van der Waals surface area contributed by atoms with Gasteiger partial charge in [0.15, 0.2) is 6.29 Å². The van der Waals surface area contributed by atoms with Gasteiger partial charge in [-0.05, 0) is 52.3 Å². The molecule has 0 radical (unpaired) electrons. The van der Waals surface area contributed by atoms with Gasteiger partial charge in [0, 0.05) is 9.13 Å². The van der Waals surface area contributed by atoms with Crippen LogP contribution in [-0.4, -0.2) is 6.29 Å². The molecule has 1 nitrogen and oxygen atoms in total. The minimum absolute atomic E-state index is 0.772. The van der Waals surface area contributed by atoms with E-state index in [-0.39, 0.29) is 0 Å². The third-order valence-electron chi connectivity index (χ3n) is 2.44. The predicted molar refractivity (Wildman–Crippen MR) is 73.8 cm³/mol. The molecule has 0 N–H and O–H groups in total. The Balaban J connectivity index is 2.26. The summed E-state index contributed by atoms with van der Waals surface area (Å²) < 4.78 is 1.00. The number of carbonyl (C=O) groups excluding carboxylic acids is 1. The van der Waals surface area contributed by atoms with Crippen LogP contribution in [0.5, 0.6) is 0 Å². The molecule has 0 aliphatic carbocycles. The van der Waals surface area contributed by atoms with Crippen molar-refractivity contribution in [1.29, 1.82) is 0 Å². The van der Waals surface area contributed by atoms with E-state index in [1.54, 1.807) is 0 Å². The Labute approximate surface area is 109 Å². The van der Waals surface area contributed by atoms with E-state index in [9.17, 15) is 4.79 Å². The van der Waals surface area contributed by atoms with Crippen LogP contribution >= 0.6 is 22.6 Å². The molecule has 16 heavy (non-hydrogen) atoms. The van der Waals surface area contributed by atoms with Gasteiger partial charge in [-0.1, -0.05) is 36.4 Å². The molecule has 0 bridgehead atoms. The van der Waals surface area contributed by atoms with Gasteiger partial charge in [-0.25, -0.2) is 0 Å². The van der Waals surface area contributed by atoms with Crippen molar-refractivity contribution in [2.45, 2.75) is 6.42 Å². The summed E-state index contributed by atoms with van der Waals surface area (Å²) in [6, 6.07) is 16.3. The van der Waals surface area contributed by atoms with Gasteiger partial charge in [-0.3, -0.25) is 4.79 Å². The lowest BCUT2D eigenvalue weighted by Gasteiger charge is -2.04. The van der Waals surface area contributed by atoms with Gasteiger partial charge < -0.3 is 0 Å². The minimum atomic E-state index is 0.772. The highest BCUT2D eigenvalue weighted by molar-refractivity contribution is 14.1. The molecular formula is C14H11IO. The summed E-state index contributed by atoms with van der Waals surface area (Å²) in [5.41, 5.74) is 3.21. The molecule has 0 saturated heterocycles. The molecule has 2 aromatic rings. The summed E-state index contributed by atoms with van der Waals surface area (Å²) in [7, 11) is 0. The third-order valence-corrected chi connectivity index (χ3v) is 3.42. The average molecular weight is 322 g/mol. The first-order chi connectivity index (χ1) is 7.79. The molecule has 80 valence electrons. The second-order valence-electron chi connectivity index (χ2n) is 3.64. The largest absolute Gasteiger partial charge is 0.298 e. The number of benzene rings is 2. The number of hydrogen-bond acceptors (Lipinski definition) is 1. The third kappa shape index (κ3) is 2.70. The van der Waals surface area contributed by atoms with Crippen LogP contribution in [0.2, 0.25) is 0 Å². The highest BCUT2D eigenvalue weighted by Gasteiger charge is 2.01. The first-order valence-corrected chi connectivity index (χ1v) is 6.15. The Hall–Kier alpha value is -1.16. The minimum Gasteiger partial charge on any atom is -0.298 e. The van der Waals surface area contributed by atoms with E-state index in [0.717, 1.165) is 21.8 Å². The van der Waals surface area contributed by atoms with Crippen molar-refractivity contribution in [2.75, 3.05) is 0 Å². The molecule has 0 amide bonds. The molecule has 0 aliphatic heterocycles. The van der Waals surface area contributed by atoms with Crippen LogP contribution in [0.3, 0.4) is 0 Å². The Kier molecular flexibility index (Phi) is 3.72. The predicted octanol–water partition coefficient (Wildman–Crippen LogP) is 3.69. The Morgan fingerprint density at radius 3 is 2.44 bits per heavy atom. The van der Waals surface area contributed by atoms with E-state index in [0.29, 0.717) is 0 Å². The second kappa shape index (κ2) is 5.25. The Morgan fingerprint density at radius 1 is 1.00 bits per heavy atom. The Morgan fingerprint density at radius 2 is 1.75 bits per heavy atom. The SMILES string of the molecule is O=Cc1cc(Cc2ccccc2)ccc1I. The fourth-order valence-corrected chi connectivity index (χ4v) is 2.09. The molecule has 0 aromatic heterocycles. The van der Waals surface area contributed by atoms with E-state index in [2.05, 4.69) is 40.8 Å². The van der Waals surface area contributed by atoms with Crippen LogP contribution < -0.4 is 0 Å². The van der Waals surface area contributed by atoms with E-state index in [1.807, 2.05) is 30.3 Å². The zero-order chi connectivity index (χ0) is 11.4. The zero-order valence-corrected chi connectivity index (χ0v) is 10.8. The first-order valence-electron chi connectivity index (χ1n) is 5.07. The van der Waals surface area contributed by atoms with Crippen molar-refractivity contribution in [3.8, 4) is 0 Å². The van der Waals surface area contributed by atoms with Crippen molar-refractivity contribution in [3.05, 3.63) is 68.8 Å². The van der Waals surface area contributed by atoms with Crippen molar-refractivity contribution in [1.82, 2.24) is 0 Å². The van der Waals surface area contributed by atoms with Crippen LogP contribution in [0.1, 0.15) is 21.5 Å². The first kappa shape index (κ1) is 11.3. The molecule has 2 aromatic carbocycles. The van der Waals surface area contributed by atoms with Gasteiger partial charge in [0.25, 0.3) is 0 Å². The second-order valence-corrected chi connectivity index (χ2v) is 4.80. The molecule has 2 heteroatoms. The molecule has 0 atom stereocenters. The van der Waals surface area contributed by atoms with Crippen LogP contribution in [-0.2, 0) is 6.42 Å². The summed E-state index contributed by atoms with van der Waals surface area (Å²) in [6.45, 7) is 0. The summed E-state index contributed by atoms with van der Waals surface area (Å²) in [4.78, 5) is 10.8. The van der Waals surface area contributed by atoms with Crippen LogP contribution in [0.4, 0.5) is 0 Å². The Bertz CT molecular complexity index is 491. The molecule has 0 unspecified atom stereocenters. The summed E-state index contributed by atoms with van der Waals surface area (Å²) in [6.07, 6.45) is 1.79. The topological polar surface area (TPSA) is 17.1 Å². The monoisotopic (exact) mass is 322 g/mol. The van der Waals surface area contributed by atoms with Crippen LogP contribution in [0, 0.1) is 3.57 Å². The zero-order valence-electron chi connectivity index (χ0n) is 8.69. The fraction of sp³-hybridized carbons (Fsp3) is 0.0714. The van der Waals surface area contributed by atoms with Crippen molar-refractivity contribution in [2.24, 2.45) is 0 Å². The van der Waals surface area contributed by atoms with Gasteiger partial charge in [0.1, 0.15) is 0 Å². The normalized spacial score (nSPS) is 10.1. The lowest BCUT2D eigenvalue weighted by atomic mass is 10.0. The number of aldehydes is 1. The van der Waals surface area contributed by atoms with Crippen molar-refractivity contribution < 1.29 is 4.79 Å². The van der Waals surface area contributed by atoms with Gasteiger partial charge in [-0.15, -0.1) is 0 Å². The lowest BCUT2D eigenvalue weighted by molar-refractivity contribution is 0.112. The van der Waals surface area contributed by atoms with Crippen molar-refractivity contribution >= 4 is 28.9 Å². The van der Waals surface area contributed by atoms with Gasteiger partial charge in [0.2, 0.25) is 0 Å². The highest BCUT2D eigenvalue weighted by Crippen LogP contribution is 2.15. The molecule has 2 rings (SSSR count). The maximum atomic E-state index is 10.8. The van der Waals surface area contributed by atoms with E-state index in [1.165, 1.54) is 11.1 Å². The molecule has 0 fully saturated rings. The maximum absolute atomic E-state index is 10.8. The van der Waals surface area contributed by atoms with Gasteiger partial charge in [0.05, 0.1) is 0 Å².